The Bertz CT molecular complexity index is 1030. The lowest BCUT2D eigenvalue weighted by Crippen LogP contribution is -2.49. The van der Waals surface area contributed by atoms with Crippen molar-refractivity contribution in [2.24, 2.45) is 5.73 Å². The van der Waals surface area contributed by atoms with Crippen molar-refractivity contribution in [2.75, 3.05) is 31.1 Å². The summed E-state index contributed by atoms with van der Waals surface area (Å²) in [5, 5.41) is 4.65. The number of nitrogens with zero attached hydrogens (tertiary/aromatic N) is 4. The first kappa shape index (κ1) is 19.0. The number of anilines is 1. The van der Waals surface area contributed by atoms with Crippen LogP contribution in [0, 0.1) is 0 Å². The molecule has 4 heterocycles. The second-order valence-corrected chi connectivity index (χ2v) is 8.87. The Morgan fingerprint density at radius 3 is 2.61 bits per heavy atom. The number of halogens is 1. The van der Waals surface area contributed by atoms with E-state index in [2.05, 4.69) is 25.9 Å². The molecule has 1 saturated heterocycles. The van der Waals surface area contributed by atoms with Crippen LogP contribution in [0.25, 0.3) is 9.88 Å². The monoisotopic (exact) mass is 477 g/mol. The first-order valence-corrected chi connectivity index (χ1v) is 11.1. The highest BCUT2D eigenvalue weighted by Gasteiger charge is 2.26. The SMILES string of the molecule is NC(=O)c1cccnc1N1CCN(C(=O)c2csc(-c3cc(Br)cs3)n2)CC1. The van der Waals surface area contributed by atoms with Crippen LogP contribution in [-0.4, -0.2) is 52.9 Å². The second kappa shape index (κ2) is 7.98. The van der Waals surface area contributed by atoms with Crippen molar-refractivity contribution in [1.29, 1.82) is 0 Å². The maximum Gasteiger partial charge on any atom is 0.273 e. The summed E-state index contributed by atoms with van der Waals surface area (Å²) in [6.45, 7) is 2.23. The van der Waals surface area contributed by atoms with Crippen molar-refractivity contribution in [2.45, 2.75) is 0 Å². The van der Waals surface area contributed by atoms with Gasteiger partial charge in [0.2, 0.25) is 0 Å². The average molecular weight is 478 g/mol. The van der Waals surface area contributed by atoms with Gasteiger partial charge in [0.05, 0.1) is 10.4 Å². The van der Waals surface area contributed by atoms with E-state index in [0.29, 0.717) is 43.3 Å². The van der Waals surface area contributed by atoms with Gasteiger partial charge in [0.15, 0.2) is 0 Å². The molecule has 0 radical (unpaired) electrons. The average Bonchev–Trinajstić information content (AvgIpc) is 3.36. The third kappa shape index (κ3) is 3.80. The van der Waals surface area contributed by atoms with E-state index in [4.69, 9.17) is 5.73 Å². The van der Waals surface area contributed by atoms with Gasteiger partial charge >= 0.3 is 0 Å². The topological polar surface area (TPSA) is 92.4 Å². The van der Waals surface area contributed by atoms with Crippen molar-refractivity contribution in [3.63, 3.8) is 0 Å². The zero-order valence-corrected chi connectivity index (χ0v) is 17.9. The molecule has 10 heteroatoms. The van der Waals surface area contributed by atoms with E-state index in [1.165, 1.54) is 11.3 Å². The molecule has 2 N–H and O–H groups in total. The molecule has 0 saturated carbocycles. The maximum atomic E-state index is 12.8. The van der Waals surface area contributed by atoms with E-state index >= 15 is 0 Å². The minimum absolute atomic E-state index is 0.0751. The minimum atomic E-state index is -0.503. The van der Waals surface area contributed by atoms with Crippen LogP contribution in [0.1, 0.15) is 20.8 Å². The lowest BCUT2D eigenvalue weighted by atomic mass is 10.2. The number of thiazole rings is 1. The molecule has 1 aliphatic heterocycles. The van der Waals surface area contributed by atoms with Crippen molar-refractivity contribution < 1.29 is 9.59 Å². The van der Waals surface area contributed by atoms with Crippen LogP contribution in [0.15, 0.2) is 39.6 Å². The Morgan fingerprint density at radius 1 is 1.14 bits per heavy atom. The fourth-order valence-corrected chi connectivity index (χ4v) is 5.34. The van der Waals surface area contributed by atoms with E-state index in [1.54, 1.807) is 34.6 Å². The van der Waals surface area contributed by atoms with Crippen LogP contribution < -0.4 is 10.6 Å². The number of rotatable bonds is 4. The Morgan fingerprint density at radius 2 is 1.93 bits per heavy atom. The fourth-order valence-electron chi connectivity index (χ4n) is 3.03. The van der Waals surface area contributed by atoms with Gasteiger partial charge in [0.1, 0.15) is 16.5 Å². The van der Waals surface area contributed by atoms with Crippen LogP contribution in [0.5, 0.6) is 0 Å². The smallest absolute Gasteiger partial charge is 0.273 e. The summed E-state index contributed by atoms with van der Waals surface area (Å²) in [5.41, 5.74) is 6.31. The van der Waals surface area contributed by atoms with E-state index < -0.39 is 5.91 Å². The molecule has 0 bridgehead atoms. The van der Waals surface area contributed by atoms with Crippen LogP contribution >= 0.6 is 38.6 Å². The van der Waals surface area contributed by atoms with E-state index in [9.17, 15) is 9.59 Å². The van der Waals surface area contributed by atoms with Gasteiger partial charge in [-0.2, -0.15) is 0 Å². The van der Waals surface area contributed by atoms with Crippen LogP contribution in [-0.2, 0) is 0 Å². The molecule has 0 unspecified atom stereocenters. The number of hydrogen-bond acceptors (Lipinski definition) is 7. The van der Waals surface area contributed by atoms with Gasteiger partial charge in [-0.3, -0.25) is 9.59 Å². The lowest BCUT2D eigenvalue weighted by Gasteiger charge is -2.35. The Labute approximate surface area is 177 Å². The summed E-state index contributed by atoms with van der Waals surface area (Å²) < 4.78 is 1.01. The standard InChI is InChI=1S/C18H16BrN5O2S2/c19-11-8-14(27-9-11)17-22-13(10-28-17)18(26)24-6-4-23(5-7-24)16-12(15(20)25)2-1-3-21-16/h1-3,8-10H,4-7H2,(H2,20,25). The summed E-state index contributed by atoms with van der Waals surface area (Å²) in [4.78, 5) is 38.1. The highest BCUT2D eigenvalue weighted by molar-refractivity contribution is 9.10. The third-order valence-corrected chi connectivity index (χ3v) is 7.12. The molecule has 4 rings (SSSR count). The molecule has 3 aromatic heterocycles. The Hall–Kier alpha value is -2.30. The first-order valence-electron chi connectivity index (χ1n) is 8.52. The largest absolute Gasteiger partial charge is 0.365 e. The predicted molar refractivity (Wildman–Crippen MR) is 114 cm³/mol. The number of thiophene rings is 1. The number of nitrogens with two attached hydrogens (primary N) is 1. The van der Waals surface area contributed by atoms with Gasteiger partial charge in [0, 0.05) is 47.6 Å². The lowest BCUT2D eigenvalue weighted by molar-refractivity contribution is 0.0741. The Balaban J connectivity index is 1.44. The molecular formula is C18H16BrN5O2S2. The molecule has 3 aromatic rings. The molecule has 0 aromatic carbocycles. The number of pyridine rings is 1. The molecule has 0 atom stereocenters. The first-order chi connectivity index (χ1) is 13.5. The number of carbonyl (C=O) groups is 2. The molecule has 1 fully saturated rings. The quantitative estimate of drug-likeness (QED) is 0.622. The van der Waals surface area contributed by atoms with Crippen LogP contribution in [0.2, 0.25) is 0 Å². The molecular weight excluding hydrogens is 462 g/mol. The van der Waals surface area contributed by atoms with Crippen LogP contribution in [0.4, 0.5) is 5.82 Å². The highest BCUT2D eigenvalue weighted by Crippen LogP contribution is 2.32. The summed E-state index contributed by atoms with van der Waals surface area (Å²) in [6, 6.07) is 5.36. The van der Waals surface area contributed by atoms with Crippen molar-refractivity contribution >= 4 is 56.2 Å². The molecule has 28 heavy (non-hydrogen) atoms. The number of primary amides is 1. The van der Waals surface area contributed by atoms with Crippen molar-refractivity contribution in [1.82, 2.24) is 14.9 Å². The fraction of sp³-hybridized carbons (Fsp3) is 0.222. The normalized spacial score (nSPS) is 14.3. The summed E-state index contributed by atoms with van der Waals surface area (Å²) in [5.74, 6) is -0.00736. The van der Waals surface area contributed by atoms with Gasteiger partial charge in [0.25, 0.3) is 11.8 Å². The number of amides is 2. The summed E-state index contributed by atoms with van der Waals surface area (Å²) in [6.07, 6.45) is 1.64. The van der Waals surface area contributed by atoms with Gasteiger partial charge in [-0.05, 0) is 34.1 Å². The number of piperazine rings is 1. The molecule has 7 nitrogen and oxygen atoms in total. The zero-order valence-electron chi connectivity index (χ0n) is 14.7. The molecule has 0 aliphatic carbocycles. The van der Waals surface area contributed by atoms with Crippen molar-refractivity contribution in [3.05, 3.63) is 50.9 Å². The highest BCUT2D eigenvalue weighted by atomic mass is 79.9. The van der Waals surface area contributed by atoms with Gasteiger partial charge in [-0.1, -0.05) is 0 Å². The maximum absolute atomic E-state index is 12.8. The Kier molecular flexibility index (Phi) is 5.42. The molecule has 144 valence electrons. The third-order valence-electron chi connectivity index (χ3n) is 4.42. The molecule has 0 spiro atoms. The summed E-state index contributed by atoms with van der Waals surface area (Å²) in [7, 11) is 0. The molecule has 2 amide bonds. The van der Waals surface area contributed by atoms with Crippen LogP contribution in [0.3, 0.4) is 0 Å². The van der Waals surface area contributed by atoms with Gasteiger partial charge in [-0.15, -0.1) is 22.7 Å². The number of aromatic nitrogens is 2. The zero-order chi connectivity index (χ0) is 19.7. The second-order valence-electron chi connectivity index (χ2n) is 6.19. The molecule has 1 aliphatic rings. The van der Waals surface area contributed by atoms with Gasteiger partial charge in [-0.25, -0.2) is 9.97 Å². The minimum Gasteiger partial charge on any atom is -0.365 e. The van der Waals surface area contributed by atoms with Gasteiger partial charge < -0.3 is 15.5 Å². The van der Waals surface area contributed by atoms with E-state index in [1.807, 2.05) is 21.7 Å². The number of hydrogen-bond donors (Lipinski definition) is 1. The van der Waals surface area contributed by atoms with Crippen molar-refractivity contribution in [3.8, 4) is 9.88 Å². The van der Waals surface area contributed by atoms with E-state index in [-0.39, 0.29) is 5.91 Å². The van der Waals surface area contributed by atoms with E-state index in [0.717, 1.165) is 14.4 Å². The number of carbonyl (C=O) groups excluding carboxylic acids is 2. The predicted octanol–water partition coefficient (Wildman–Crippen LogP) is 3.09. The summed E-state index contributed by atoms with van der Waals surface area (Å²) >= 11 is 6.50.